The maximum atomic E-state index is 13.7. The topological polar surface area (TPSA) is 26.0 Å². The number of halogens is 2. The zero-order chi connectivity index (χ0) is 13.1. The van der Waals surface area contributed by atoms with Crippen molar-refractivity contribution in [2.75, 3.05) is 0 Å². The highest BCUT2D eigenvalue weighted by Crippen LogP contribution is 2.24. The summed E-state index contributed by atoms with van der Waals surface area (Å²) in [4.78, 5) is 0. The number of rotatable bonds is 2. The number of nitrogens with two attached hydrogens (primary N) is 1. The first kappa shape index (κ1) is 14.2. The molecule has 0 aliphatic rings. The summed E-state index contributed by atoms with van der Waals surface area (Å²) in [7, 11) is 0. The molecule has 0 spiro atoms. The third-order valence-corrected chi connectivity index (χ3v) is 2.78. The first-order chi connectivity index (χ1) is 7.81. The van der Waals surface area contributed by atoms with Crippen LogP contribution in [0.2, 0.25) is 0 Å². The molecule has 0 amide bonds. The van der Waals surface area contributed by atoms with Crippen LogP contribution in [0.4, 0.5) is 4.39 Å². The summed E-state index contributed by atoms with van der Waals surface area (Å²) in [5, 5.41) is 0. The van der Waals surface area contributed by atoms with Crippen molar-refractivity contribution in [2.45, 2.75) is 33.2 Å². The van der Waals surface area contributed by atoms with Crippen molar-refractivity contribution >= 4 is 15.9 Å². The van der Waals surface area contributed by atoms with Crippen LogP contribution in [0.1, 0.15) is 38.8 Å². The molecule has 1 rings (SSSR count). The van der Waals surface area contributed by atoms with Crippen LogP contribution in [0.25, 0.3) is 0 Å². The van der Waals surface area contributed by atoms with E-state index in [9.17, 15) is 4.39 Å². The van der Waals surface area contributed by atoms with Crippen molar-refractivity contribution < 1.29 is 4.39 Å². The molecule has 0 saturated heterocycles. The Morgan fingerprint density at radius 2 is 2.06 bits per heavy atom. The van der Waals surface area contributed by atoms with Gasteiger partial charge in [-0.05, 0) is 42.8 Å². The molecular formula is C14H17BrFN. The monoisotopic (exact) mass is 297 g/mol. The van der Waals surface area contributed by atoms with E-state index in [1.54, 1.807) is 18.2 Å². The highest BCUT2D eigenvalue weighted by Gasteiger charge is 2.12. The molecule has 0 radical (unpaired) electrons. The molecule has 17 heavy (non-hydrogen) atoms. The summed E-state index contributed by atoms with van der Waals surface area (Å²) in [6, 6.07) is 4.75. The maximum Gasteiger partial charge on any atom is 0.142 e. The Hall–Kier alpha value is -0.850. The van der Waals surface area contributed by atoms with Gasteiger partial charge in [0.25, 0.3) is 0 Å². The van der Waals surface area contributed by atoms with Crippen molar-refractivity contribution in [3.8, 4) is 11.8 Å². The van der Waals surface area contributed by atoms with Crippen molar-refractivity contribution in [3.63, 3.8) is 0 Å². The molecule has 0 heterocycles. The van der Waals surface area contributed by atoms with Crippen LogP contribution in [0, 0.1) is 23.1 Å². The van der Waals surface area contributed by atoms with Crippen molar-refractivity contribution in [1.29, 1.82) is 0 Å². The summed E-state index contributed by atoms with van der Waals surface area (Å²) in [6.07, 6.45) is 0.463. The van der Waals surface area contributed by atoms with E-state index in [-0.39, 0.29) is 17.3 Å². The van der Waals surface area contributed by atoms with Crippen LogP contribution in [-0.2, 0) is 0 Å². The standard InChI is InChI=1S/C14H17BrFN/c1-14(2,3)9-5-8-12(17)10-6-4-7-11(15)13(10)16/h4,6-7,12H,8,17H2,1-3H3. The molecule has 1 nitrogen and oxygen atoms in total. The number of hydrogen-bond donors (Lipinski definition) is 1. The SMILES string of the molecule is CC(C)(C)C#CCC(N)c1cccc(Br)c1F. The second kappa shape index (κ2) is 5.66. The Bertz CT molecular complexity index is 452. The van der Waals surface area contributed by atoms with Crippen molar-refractivity contribution in [1.82, 2.24) is 0 Å². The summed E-state index contributed by atoms with van der Waals surface area (Å²) in [5.74, 6) is 5.81. The molecule has 1 aromatic rings. The largest absolute Gasteiger partial charge is 0.323 e. The molecule has 1 aromatic carbocycles. The molecule has 0 fully saturated rings. The Kier molecular flexibility index (Phi) is 4.73. The summed E-state index contributed by atoms with van der Waals surface area (Å²) in [5.41, 5.74) is 6.39. The van der Waals surface area contributed by atoms with E-state index >= 15 is 0 Å². The maximum absolute atomic E-state index is 13.7. The van der Waals surface area contributed by atoms with E-state index in [1.807, 2.05) is 20.8 Å². The van der Waals surface area contributed by atoms with E-state index in [4.69, 9.17) is 5.73 Å². The first-order valence-electron chi connectivity index (χ1n) is 5.51. The van der Waals surface area contributed by atoms with Gasteiger partial charge in [0.15, 0.2) is 0 Å². The highest BCUT2D eigenvalue weighted by atomic mass is 79.9. The van der Waals surface area contributed by atoms with Gasteiger partial charge >= 0.3 is 0 Å². The normalized spacial score (nSPS) is 12.8. The van der Waals surface area contributed by atoms with Crippen molar-refractivity contribution in [2.24, 2.45) is 11.1 Å². The van der Waals surface area contributed by atoms with Crippen LogP contribution in [0.3, 0.4) is 0 Å². The van der Waals surface area contributed by atoms with Gasteiger partial charge in [0.1, 0.15) is 5.82 Å². The fourth-order valence-electron chi connectivity index (χ4n) is 1.34. The van der Waals surface area contributed by atoms with Crippen LogP contribution in [0.15, 0.2) is 22.7 Å². The van der Waals surface area contributed by atoms with Gasteiger partial charge in [0.2, 0.25) is 0 Å². The minimum Gasteiger partial charge on any atom is -0.323 e. The molecule has 0 aliphatic heterocycles. The van der Waals surface area contributed by atoms with E-state index in [1.165, 1.54) is 0 Å². The average molecular weight is 298 g/mol. The van der Waals surface area contributed by atoms with Crippen LogP contribution in [0.5, 0.6) is 0 Å². The van der Waals surface area contributed by atoms with Crippen LogP contribution >= 0.6 is 15.9 Å². The lowest BCUT2D eigenvalue weighted by Gasteiger charge is -2.11. The molecule has 1 atom stereocenters. The fraction of sp³-hybridized carbons (Fsp3) is 0.429. The summed E-state index contributed by atoms with van der Waals surface area (Å²) >= 11 is 3.15. The van der Waals surface area contributed by atoms with Gasteiger partial charge in [-0.2, -0.15) is 0 Å². The Balaban J connectivity index is 2.80. The van der Waals surface area contributed by atoms with E-state index in [2.05, 4.69) is 27.8 Å². The third-order valence-electron chi connectivity index (χ3n) is 2.17. The Morgan fingerprint density at radius 1 is 1.41 bits per heavy atom. The van der Waals surface area contributed by atoms with E-state index in [0.29, 0.717) is 16.5 Å². The van der Waals surface area contributed by atoms with Gasteiger partial charge in [0, 0.05) is 23.4 Å². The summed E-state index contributed by atoms with van der Waals surface area (Å²) < 4.78 is 14.2. The molecule has 0 bridgehead atoms. The highest BCUT2D eigenvalue weighted by molar-refractivity contribution is 9.10. The molecular weight excluding hydrogens is 281 g/mol. The first-order valence-corrected chi connectivity index (χ1v) is 6.30. The Labute approximate surface area is 111 Å². The number of benzene rings is 1. The zero-order valence-corrected chi connectivity index (χ0v) is 11.9. The predicted octanol–water partition coefficient (Wildman–Crippen LogP) is 4.03. The molecule has 0 aliphatic carbocycles. The minimum absolute atomic E-state index is 0.0461. The predicted molar refractivity (Wildman–Crippen MR) is 72.9 cm³/mol. The fourth-order valence-corrected chi connectivity index (χ4v) is 1.72. The lowest BCUT2D eigenvalue weighted by molar-refractivity contribution is 0.566. The average Bonchev–Trinajstić information content (AvgIpc) is 2.20. The van der Waals surface area contributed by atoms with Gasteiger partial charge in [-0.25, -0.2) is 4.39 Å². The molecule has 0 saturated carbocycles. The molecule has 1 unspecified atom stereocenters. The molecule has 3 heteroatoms. The van der Waals surface area contributed by atoms with Crippen LogP contribution < -0.4 is 5.73 Å². The van der Waals surface area contributed by atoms with E-state index < -0.39 is 0 Å². The van der Waals surface area contributed by atoms with Crippen molar-refractivity contribution in [3.05, 3.63) is 34.1 Å². The zero-order valence-electron chi connectivity index (χ0n) is 10.3. The summed E-state index contributed by atoms with van der Waals surface area (Å²) in [6.45, 7) is 6.10. The minimum atomic E-state index is -0.387. The molecule has 2 N–H and O–H groups in total. The smallest absolute Gasteiger partial charge is 0.142 e. The van der Waals surface area contributed by atoms with Gasteiger partial charge in [-0.3, -0.25) is 0 Å². The lowest BCUT2D eigenvalue weighted by atomic mass is 9.97. The number of hydrogen-bond acceptors (Lipinski definition) is 1. The van der Waals surface area contributed by atoms with Gasteiger partial charge in [0.05, 0.1) is 4.47 Å². The Morgan fingerprint density at radius 3 is 2.65 bits per heavy atom. The lowest BCUT2D eigenvalue weighted by Crippen LogP contribution is -2.12. The van der Waals surface area contributed by atoms with Gasteiger partial charge < -0.3 is 5.73 Å². The van der Waals surface area contributed by atoms with E-state index in [0.717, 1.165) is 0 Å². The molecule has 92 valence electrons. The van der Waals surface area contributed by atoms with Crippen LogP contribution in [-0.4, -0.2) is 0 Å². The molecule has 0 aromatic heterocycles. The quantitative estimate of drug-likeness (QED) is 0.820. The second-order valence-corrected chi connectivity index (χ2v) is 5.86. The third kappa shape index (κ3) is 4.49. The van der Waals surface area contributed by atoms with Gasteiger partial charge in [-0.15, -0.1) is 5.92 Å². The second-order valence-electron chi connectivity index (χ2n) is 5.01. The van der Waals surface area contributed by atoms with Gasteiger partial charge in [-0.1, -0.05) is 18.1 Å².